The van der Waals surface area contributed by atoms with Crippen molar-refractivity contribution in [2.24, 2.45) is 28.2 Å². The highest BCUT2D eigenvalue weighted by Gasteiger charge is 2.53. The molecule has 4 heteroatoms. The van der Waals surface area contributed by atoms with Crippen LogP contribution in [0, 0.1) is 55.1 Å². The summed E-state index contributed by atoms with van der Waals surface area (Å²) < 4.78 is 101. The summed E-state index contributed by atoms with van der Waals surface area (Å²) in [6.07, 6.45) is 6.98. The van der Waals surface area contributed by atoms with Gasteiger partial charge in [0.25, 0.3) is 0 Å². The highest BCUT2D eigenvalue weighted by Crippen LogP contribution is 2.62. The van der Waals surface area contributed by atoms with Gasteiger partial charge in [0.1, 0.15) is 28.2 Å². The summed E-state index contributed by atoms with van der Waals surface area (Å²) in [4.78, 5) is 0. The predicted molar refractivity (Wildman–Crippen MR) is 526 cm³/mol. The molecule has 0 radical (unpaired) electrons. The van der Waals surface area contributed by atoms with Gasteiger partial charge < -0.3 is 0 Å². The summed E-state index contributed by atoms with van der Waals surface area (Å²) in [6.45, 7) is 38.0. The molecule has 0 bridgehead atoms. The summed E-state index contributed by atoms with van der Waals surface area (Å²) in [7, 11) is 7.76. The predicted octanol–water partition coefficient (Wildman–Crippen LogP) is 28.7. The van der Waals surface area contributed by atoms with Crippen LogP contribution in [0.15, 0.2) is 267 Å². The summed E-state index contributed by atoms with van der Waals surface area (Å²) in [5, 5.41) is 10.1. The number of rotatable bonds is 4. The number of benzene rings is 12. The number of fused-ring (bicyclic) bond motifs is 18. The van der Waals surface area contributed by atoms with Crippen LogP contribution in [0.1, 0.15) is 216 Å². The lowest BCUT2D eigenvalue weighted by Crippen LogP contribution is -2.44. The molecule has 12 aromatic carbocycles. The van der Waals surface area contributed by atoms with E-state index in [1.54, 1.807) is 49.1 Å². The molecule has 0 N–H and O–H groups in total. The molecule has 16 aromatic rings. The van der Waals surface area contributed by atoms with Crippen LogP contribution < -0.4 is 18.3 Å². The van der Waals surface area contributed by atoms with Crippen LogP contribution in [0.25, 0.3) is 133 Å². The standard InChI is InChI=1S/4C30H32N/c1-19-12-17-26(31(7)18-19)22-14-15-24-27-23-11-9-8-10-21(23)13-16-25(27)29(3,4)30(5,6)28(24)20(22)2;1-19-12-17-25(31(7)18-19)26-20(2)13-15-23-27-22-11-9-8-10-21(22)14-16-24(27)29(3,4)30(5,6)28(23)26;1-19-12-15-27(31(7)18-19)23-13-14-24-25-16-21-10-8-9-11-22(21)17-26(25)29(3,4)30(5,6)28(24)20(23)2;1-19-12-15-26(31(7)18-19)27-20(2)13-14-23-24-16-21-10-8-9-11-22(21)17-25(24)29(3,4)30(5,6)28(23)27/h4*8-18H,1-7H3/q4*+1/i4*1D3. The van der Waals surface area contributed by atoms with Gasteiger partial charge in [-0.15, -0.1) is 0 Å². The minimum absolute atomic E-state index is 0.0734. The quantitative estimate of drug-likeness (QED) is 0.156. The van der Waals surface area contributed by atoms with Crippen LogP contribution >= 0.6 is 0 Å². The van der Waals surface area contributed by atoms with Crippen molar-refractivity contribution in [1.82, 2.24) is 0 Å². The van der Waals surface area contributed by atoms with Crippen molar-refractivity contribution >= 4 is 43.1 Å². The van der Waals surface area contributed by atoms with Gasteiger partial charge in [0.15, 0.2) is 24.8 Å². The maximum atomic E-state index is 7.83. The fourth-order valence-electron chi connectivity index (χ4n) is 22.1. The molecule has 4 aliphatic rings. The maximum Gasteiger partial charge on any atom is 0.212 e. The van der Waals surface area contributed by atoms with Crippen molar-refractivity contribution in [3.8, 4) is 89.5 Å². The summed E-state index contributed by atoms with van der Waals surface area (Å²) >= 11 is 0. The van der Waals surface area contributed by atoms with Crippen molar-refractivity contribution in [1.29, 1.82) is 0 Å². The third kappa shape index (κ3) is 13.0. The number of aryl methyl sites for hydroxylation is 10. The first-order valence-corrected chi connectivity index (χ1v) is 44.1. The first-order chi connectivity index (χ1) is 63.4. The van der Waals surface area contributed by atoms with E-state index in [1.165, 1.54) is 165 Å². The molecule has 0 atom stereocenters. The minimum atomic E-state index is -2.12. The second kappa shape index (κ2) is 30.0. The minimum Gasteiger partial charge on any atom is -0.201 e. The summed E-state index contributed by atoms with van der Waals surface area (Å²) in [5.74, 6) is 0. The largest absolute Gasteiger partial charge is 0.212 e. The van der Waals surface area contributed by atoms with Crippen LogP contribution in [0.5, 0.6) is 0 Å². The highest BCUT2D eigenvalue weighted by molar-refractivity contribution is 6.04. The van der Waals surface area contributed by atoms with Crippen molar-refractivity contribution in [2.45, 2.75) is 209 Å². The van der Waals surface area contributed by atoms with Crippen LogP contribution in [0.2, 0.25) is 0 Å². The number of nitrogens with zero attached hydrogens (tertiary/aromatic N) is 4. The molecule has 4 heterocycles. The van der Waals surface area contributed by atoms with E-state index in [2.05, 4.69) is 333 Å². The van der Waals surface area contributed by atoms with Gasteiger partial charge in [-0.3, -0.25) is 0 Å². The van der Waals surface area contributed by atoms with Gasteiger partial charge in [0, 0.05) is 84.9 Å². The smallest absolute Gasteiger partial charge is 0.201 e. The monoisotopic (exact) mass is 1640 g/mol. The molecule has 0 saturated heterocycles. The third-order valence-corrected chi connectivity index (χ3v) is 31.5. The van der Waals surface area contributed by atoms with E-state index in [0.29, 0.717) is 22.3 Å². The van der Waals surface area contributed by atoms with E-state index in [-0.39, 0.29) is 43.3 Å². The molecule has 4 aromatic heterocycles. The van der Waals surface area contributed by atoms with Crippen molar-refractivity contribution in [3.63, 3.8) is 0 Å². The lowest BCUT2D eigenvalue weighted by molar-refractivity contribution is -0.660. The molecule has 124 heavy (non-hydrogen) atoms. The first-order valence-electron chi connectivity index (χ1n) is 50.1. The molecule has 0 fully saturated rings. The molecule has 0 amide bonds. The molecule has 0 saturated carbocycles. The highest BCUT2D eigenvalue weighted by atomic mass is 14.9. The van der Waals surface area contributed by atoms with Gasteiger partial charge in [-0.2, -0.15) is 0 Å². The van der Waals surface area contributed by atoms with E-state index in [4.69, 9.17) is 16.4 Å². The maximum absolute atomic E-state index is 7.83. The normalized spacial score (nSPS) is 17.9. The lowest BCUT2D eigenvalue weighted by atomic mass is 9.54. The first kappa shape index (κ1) is 70.7. The molecule has 624 valence electrons. The van der Waals surface area contributed by atoms with Gasteiger partial charge in [-0.1, -0.05) is 269 Å². The lowest BCUT2D eigenvalue weighted by Gasteiger charge is -2.49. The van der Waals surface area contributed by atoms with Crippen LogP contribution in [0.4, 0.5) is 0 Å². The second-order valence-electron chi connectivity index (χ2n) is 40.2. The fraction of sp³-hybridized carbons (Fsp3) is 0.300. The Labute approximate surface area is 756 Å². The molecular formula is C120H128N4+4. The van der Waals surface area contributed by atoms with Gasteiger partial charge in [-0.25, -0.2) is 18.3 Å². The van der Waals surface area contributed by atoms with E-state index >= 15 is 0 Å². The van der Waals surface area contributed by atoms with Crippen LogP contribution in [-0.4, -0.2) is 0 Å². The van der Waals surface area contributed by atoms with E-state index in [1.807, 2.05) is 70.7 Å². The van der Waals surface area contributed by atoms with Crippen LogP contribution in [-0.2, 0) is 71.5 Å². The zero-order chi connectivity index (χ0) is 98.5. The van der Waals surface area contributed by atoms with Crippen molar-refractivity contribution in [2.75, 3.05) is 0 Å². The molecule has 0 aliphatic heterocycles. The molecule has 0 unspecified atom stereocenters. The SMILES string of the molecule is [2H]C([2H])([2H])c1ccc(-c2c(C)ccc3c2C(C)(C)C(C)(C)c2cc4ccccc4cc2-3)[n+](C)c1.[2H]C([2H])([2H])c1ccc(-c2c(C)ccc3c2C(C)(C)C(C)(C)c2ccc4ccccc4c2-3)[n+](C)c1.[2H]C([2H])([2H])c1ccc(-c2ccc3c(c2C)C(C)(C)C(C)(C)c2cc4ccccc4cc2-3)[n+](C)c1.[2H]C([2H])([2H])c1ccc(-c2ccc3c(c2C)C(C)(C)C(C)(C)c2ccc4ccccc4c2-3)[n+](C)c1. The van der Waals surface area contributed by atoms with Gasteiger partial charge in [0.2, 0.25) is 22.8 Å². The third-order valence-electron chi connectivity index (χ3n) is 31.5. The number of hydrogen-bond donors (Lipinski definition) is 0. The molecule has 0 spiro atoms. The van der Waals surface area contributed by atoms with Gasteiger partial charge in [-0.05, 0) is 303 Å². The van der Waals surface area contributed by atoms with E-state index < -0.39 is 27.4 Å². The Morgan fingerprint density at radius 2 is 0.492 bits per heavy atom. The van der Waals surface area contributed by atoms with Gasteiger partial charge >= 0.3 is 0 Å². The Morgan fingerprint density at radius 3 is 0.863 bits per heavy atom. The molecule has 4 nitrogen and oxygen atoms in total. The van der Waals surface area contributed by atoms with E-state index in [9.17, 15) is 0 Å². The zero-order valence-electron chi connectivity index (χ0n) is 89.2. The second-order valence-corrected chi connectivity index (χ2v) is 40.2. The fourth-order valence-corrected chi connectivity index (χ4v) is 22.1. The van der Waals surface area contributed by atoms with Gasteiger partial charge in [0.05, 0.1) is 11.1 Å². The Kier molecular flexibility index (Phi) is 17.1. The number of aromatic nitrogens is 4. The number of pyridine rings is 4. The Bertz CT molecular complexity index is 7580. The Balaban J connectivity index is 0.000000126. The number of hydrogen-bond acceptors (Lipinski definition) is 0. The Morgan fingerprint density at radius 1 is 0.218 bits per heavy atom. The van der Waals surface area contributed by atoms with Crippen LogP contribution in [0.3, 0.4) is 0 Å². The zero-order valence-corrected chi connectivity index (χ0v) is 77.2. The molecule has 20 rings (SSSR count). The van der Waals surface area contributed by atoms with Crippen molar-refractivity contribution < 1.29 is 34.7 Å². The average Bonchev–Trinajstić information content (AvgIpc) is 0.713. The molecule has 4 aliphatic carbocycles. The van der Waals surface area contributed by atoms with E-state index in [0.717, 1.165) is 33.9 Å². The molecular weight excluding hydrogens is 1500 g/mol. The average molecular weight is 1640 g/mol. The Hall–Kier alpha value is -11.7. The summed E-state index contributed by atoms with van der Waals surface area (Å²) in [5.41, 5.74) is 35.6. The topological polar surface area (TPSA) is 15.5 Å². The van der Waals surface area contributed by atoms with Crippen molar-refractivity contribution in [3.05, 3.63) is 356 Å². The summed E-state index contributed by atoms with van der Waals surface area (Å²) in [6, 6.07) is 85.8.